The molecule has 6 nitrogen and oxygen atoms in total. The van der Waals surface area contributed by atoms with Gasteiger partial charge in [-0.1, -0.05) is 29.3 Å². The summed E-state index contributed by atoms with van der Waals surface area (Å²) in [5.41, 5.74) is 2.00. The Labute approximate surface area is 173 Å². The second-order valence-corrected chi connectivity index (χ2v) is 7.34. The summed E-state index contributed by atoms with van der Waals surface area (Å²) >= 11 is 17.7. The quantitative estimate of drug-likeness (QED) is 0.442. The van der Waals surface area contributed by atoms with Crippen LogP contribution in [0.5, 0.6) is 0 Å². The zero-order valence-corrected chi connectivity index (χ0v) is 17.2. The van der Waals surface area contributed by atoms with Crippen LogP contribution in [0, 0.1) is 6.92 Å². The second kappa shape index (κ2) is 9.21. The van der Waals surface area contributed by atoms with Crippen molar-refractivity contribution in [2.75, 3.05) is 11.9 Å². The molecule has 1 aromatic carbocycles. The standard InChI is InChI=1S/C18H20Cl2N6S/c1-13-10-22-25(11-13)8-3-7-21-18(27)23-17-6-9-26(24-17)12-14-15(19)4-2-5-16(14)20/h2,4-6,9-11H,3,7-8,12H2,1H3,(H2,21,23,24,27). The fourth-order valence-corrected chi connectivity index (χ4v) is 3.28. The molecule has 0 aliphatic carbocycles. The number of anilines is 1. The number of thiocarbonyl (C=S) groups is 1. The van der Waals surface area contributed by atoms with Gasteiger partial charge in [0, 0.05) is 47.2 Å². The zero-order valence-electron chi connectivity index (χ0n) is 14.8. The fourth-order valence-electron chi connectivity index (χ4n) is 2.55. The molecule has 3 aromatic rings. The highest BCUT2D eigenvalue weighted by Crippen LogP contribution is 2.25. The molecule has 142 valence electrons. The van der Waals surface area contributed by atoms with E-state index in [9.17, 15) is 0 Å². The van der Waals surface area contributed by atoms with E-state index in [2.05, 4.69) is 20.8 Å². The summed E-state index contributed by atoms with van der Waals surface area (Å²) in [6.45, 7) is 4.11. The lowest BCUT2D eigenvalue weighted by atomic mass is 10.2. The van der Waals surface area contributed by atoms with Crippen LogP contribution in [0.15, 0.2) is 42.9 Å². The molecule has 0 bridgehead atoms. The third-order valence-electron chi connectivity index (χ3n) is 3.88. The van der Waals surface area contributed by atoms with Crippen molar-refractivity contribution >= 4 is 46.4 Å². The van der Waals surface area contributed by atoms with Gasteiger partial charge >= 0.3 is 0 Å². The second-order valence-electron chi connectivity index (χ2n) is 6.11. The van der Waals surface area contributed by atoms with Gasteiger partial charge in [0.2, 0.25) is 0 Å². The summed E-state index contributed by atoms with van der Waals surface area (Å²) in [4.78, 5) is 0. The highest BCUT2D eigenvalue weighted by atomic mass is 35.5. The molecule has 0 unspecified atom stereocenters. The van der Waals surface area contributed by atoms with Gasteiger partial charge in [-0.3, -0.25) is 9.36 Å². The Hall–Kier alpha value is -2.09. The topological polar surface area (TPSA) is 59.7 Å². The van der Waals surface area contributed by atoms with E-state index in [0.717, 1.165) is 30.6 Å². The molecule has 0 atom stereocenters. The molecule has 0 radical (unpaired) electrons. The van der Waals surface area contributed by atoms with Gasteiger partial charge in [0.15, 0.2) is 10.9 Å². The van der Waals surface area contributed by atoms with Gasteiger partial charge in [0.1, 0.15) is 0 Å². The van der Waals surface area contributed by atoms with E-state index in [1.807, 2.05) is 54.5 Å². The number of hydrogen-bond acceptors (Lipinski definition) is 3. The summed E-state index contributed by atoms with van der Waals surface area (Å²) in [5.74, 6) is 0.665. The van der Waals surface area contributed by atoms with E-state index in [1.54, 1.807) is 4.68 Å². The van der Waals surface area contributed by atoms with Crippen molar-refractivity contribution in [2.45, 2.75) is 26.4 Å². The molecule has 0 aliphatic heterocycles. The molecule has 0 aliphatic rings. The zero-order chi connectivity index (χ0) is 19.2. The SMILES string of the molecule is Cc1cnn(CCCNC(=S)Nc2ccn(Cc3c(Cl)cccc3Cl)n2)c1. The number of hydrogen-bond donors (Lipinski definition) is 2. The van der Waals surface area contributed by atoms with E-state index >= 15 is 0 Å². The maximum Gasteiger partial charge on any atom is 0.171 e. The van der Waals surface area contributed by atoms with Crippen LogP contribution in [0.3, 0.4) is 0 Å². The van der Waals surface area contributed by atoms with E-state index in [-0.39, 0.29) is 0 Å². The number of nitrogens with zero attached hydrogens (tertiary/aromatic N) is 4. The van der Waals surface area contributed by atoms with E-state index in [0.29, 0.717) is 27.5 Å². The van der Waals surface area contributed by atoms with Crippen molar-refractivity contribution < 1.29 is 0 Å². The minimum atomic E-state index is 0.490. The highest BCUT2D eigenvalue weighted by molar-refractivity contribution is 7.80. The van der Waals surface area contributed by atoms with E-state index < -0.39 is 0 Å². The summed E-state index contributed by atoms with van der Waals surface area (Å²) in [5, 5.41) is 16.7. The largest absolute Gasteiger partial charge is 0.362 e. The molecule has 2 N–H and O–H groups in total. The van der Waals surface area contributed by atoms with Crippen LogP contribution >= 0.6 is 35.4 Å². The fraction of sp³-hybridized carbons (Fsp3) is 0.278. The summed E-state index contributed by atoms with van der Waals surface area (Å²) in [6.07, 6.45) is 6.65. The number of halogens is 2. The molecule has 3 rings (SSSR count). The first kappa shape index (κ1) is 19.7. The van der Waals surface area contributed by atoms with Crippen LogP contribution in [-0.4, -0.2) is 31.2 Å². The molecule has 2 heterocycles. The summed E-state index contributed by atoms with van der Waals surface area (Å²) in [7, 11) is 0. The molecule has 0 saturated heterocycles. The Morgan fingerprint density at radius 2 is 1.96 bits per heavy atom. The van der Waals surface area contributed by atoms with Crippen LogP contribution in [0.1, 0.15) is 17.5 Å². The molecule has 2 aromatic heterocycles. The summed E-state index contributed by atoms with van der Waals surface area (Å²) in [6, 6.07) is 7.30. The predicted octanol–water partition coefficient (Wildman–Crippen LogP) is 4.12. The van der Waals surface area contributed by atoms with Crippen molar-refractivity contribution in [3.8, 4) is 0 Å². The van der Waals surface area contributed by atoms with Crippen molar-refractivity contribution in [3.63, 3.8) is 0 Å². The average molecular weight is 423 g/mol. The van der Waals surface area contributed by atoms with Gasteiger partial charge in [0.05, 0.1) is 12.7 Å². The molecular formula is C18H20Cl2N6S. The lowest BCUT2D eigenvalue weighted by Crippen LogP contribution is -2.30. The van der Waals surface area contributed by atoms with Gasteiger partial charge in [-0.25, -0.2) is 0 Å². The maximum atomic E-state index is 6.21. The first-order chi connectivity index (χ1) is 13.0. The molecule has 9 heteroatoms. The number of nitrogens with one attached hydrogen (secondary N) is 2. The predicted molar refractivity (Wildman–Crippen MR) is 114 cm³/mol. The normalized spacial score (nSPS) is 10.8. The Kier molecular flexibility index (Phi) is 6.71. The lowest BCUT2D eigenvalue weighted by Gasteiger charge is -2.09. The van der Waals surface area contributed by atoms with Crippen LogP contribution in [0.4, 0.5) is 5.82 Å². The van der Waals surface area contributed by atoms with Gasteiger partial charge in [0.25, 0.3) is 0 Å². The number of benzene rings is 1. The van der Waals surface area contributed by atoms with Crippen LogP contribution in [-0.2, 0) is 13.1 Å². The van der Waals surface area contributed by atoms with Crippen LogP contribution in [0.2, 0.25) is 10.0 Å². The molecule has 27 heavy (non-hydrogen) atoms. The molecule has 0 amide bonds. The Morgan fingerprint density at radius 1 is 1.19 bits per heavy atom. The Balaban J connectivity index is 1.45. The molecular weight excluding hydrogens is 403 g/mol. The van der Waals surface area contributed by atoms with Crippen LogP contribution in [0.25, 0.3) is 0 Å². The highest BCUT2D eigenvalue weighted by Gasteiger charge is 2.08. The molecule has 0 fully saturated rings. The third-order valence-corrected chi connectivity index (χ3v) is 4.83. The van der Waals surface area contributed by atoms with Gasteiger partial charge in [-0.05, 0) is 43.3 Å². The van der Waals surface area contributed by atoms with Crippen molar-refractivity contribution in [3.05, 3.63) is 64.0 Å². The third kappa shape index (κ3) is 5.69. The molecule has 0 spiro atoms. The van der Waals surface area contributed by atoms with Gasteiger partial charge in [-0.15, -0.1) is 0 Å². The van der Waals surface area contributed by atoms with Gasteiger partial charge < -0.3 is 10.6 Å². The number of aromatic nitrogens is 4. The van der Waals surface area contributed by atoms with Crippen molar-refractivity contribution in [1.29, 1.82) is 0 Å². The molecule has 0 saturated carbocycles. The number of rotatable bonds is 7. The summed E-state index contributed by atoms with van der Waals surface area (Å²) < 4.78 is 3.69. The average Bonchev–Trinajstić information content (AvgIpc) is 3.24. The minimum Gasteiger partial charge on any atom is -0.362 e. The Bertz CT molecular complexity index is 900. The number of aryl methyl sites for hydroxylation is 2. The van der Waals surface area contributed by atoms with Crippen molar-refractivity contribution in [1.82, 2.24) is 24.9 Å². The van der Waals surface area contributed by atoms with Gasteiger partial charge in [-0.2, -0.15) is 10.2 Å². The van der Waals surface area contributed by atoms with Crippen LogP contribution < -0.4 is 10.6 Å². The van der Waals surface area contributed by atoms with Crippen molar-refractivity contribution in [2.24, 2.45) is 0 Å². The monoisotopic (exact) mass is 422 g/mol. The lowest BCUT2D eigenvalue weighted by molar-refractivity contribution is 0.573. The Morgan fingerprint density at radius 3 is 2.67 bits per heavy atom. The first-order valence-corrected chi connectivity index (χ1v) is 9.68. The van der Waals surface area contributed by atoms with E-state index in [4.69, 9.17) is 35.4 Å². The smallest absolute Gasteiger partial charge is 0.171 e. The first-order valence-electron chi connectivity index (χ1n) is 8.51. The van der Waals surface area contributed by atoms with E-state index in [1.165, 1.54) is 0 Å². The minimum absolute atomic E-state index is 0.490. The maximum absolute atomic E-state index is 6.21.